The van der Waals surface area contributed by atoms with Gasteiger partial charge in [0.2, 0.25) is 0 Å². The van der Waals surface area contributed by atoms with Crippen LogP contribution in [0.25, 0.3) is 11.0 Å². The molecule has 0 spiro atoms. The van der Waals surface area contributed by atoms with E-state index in [9.17, 15) is 0 Å². The minimum atomic E-state index is 0.669. The maximum Gasteiger partial charge on any atom is 0.134 e. The highest BCUT2D eigenvalue weighted by Crippen LogP contribution is 2.34. The summed E-state index contributed by atoms with van der Waals surface area (Å²) in [5, 5.41) is 4.75. The zero-order chi connectivity index (χ0) is 11.0. The van der Waals surface area contributed by atoms with Gasteiger partial charge in [0.25, 0.3) is 0 Å². The number of hydrogen-bond acceptors (Lipinski definition) is 2. The van der Waals surface area contributed by atoms with E-state index in [0.717, 1.165) is 18.7 Å². The van der Waals surface area contributed by atoms with Gasteiger partial charge in [-0.05, 0) is 49.0 Å². The zero-order valence-corrected chi connectivity index (χ0v) is 9.57. The zero-order valence-electron chi connectivity index (χ0n) is 9.57. The van der Waals surface area contributed by atoms with Crippen LogP contribution in [0.5, 0.6) is 0 Å². The predicted molar refractivity (Wildman–Crippen MR) is 65.6 cm³/mol. The number of rotatable bonds is 1. The van der Waals surface area contributed by atoms with E-state index >= 15 is 0 Å². The van der Waals surface area contributed by atoms with Crippen molar-refractivity contribution in [2.24, 2.45) is 5.92 Å². The molecule has 0 amide bonds. The molecule has 0 radical (unpaired) electrons. The van der Waals surface area contributed by atoms with Gasteiger partial charge >= 0.3 is 0 Å². The largest absolute Gasteiger partial charge is 0.464 e. The van der Waals surface area contributed by atoms with Gasteiger partial charge in [0, 0.05) is 5.39 Å². The van der Waals surface area contributed by atoms with Gasteiger partial charge in [0.05, 0.1) is 6.26 Å². The fourth-order valence-electron chi connectivity index (χ4n) is 2.82. The molecule has 1 N–H and O–H groups in total. The van der Waals surface area contributed by atoms with E-state index in [4.69, 9.17) is 4.42 Å². The summed E-state index contributed by atoms with van der Waals surface area (Å²) in [5.74, 6) is 1.37. The molecule has 0 bridgehead atoms. The Morgan fingerprint density at radius 2 is 2.25 bits per heavy atom. The lowest BCUT2D eigenvalue weighted by molar-refractivity contribution is 0.351. The Kier molecular flexibility index (Phi) is 2.44. The summed E-state index contributed by atoms with van der Waals surface area (Å²) in [6.07, 6.45) is 3.02. The summed E-state index contributed by atoms with van der Waals surface area (Å²) in [4.78, 5) is 0. The van der Waals surface area contributed by atoms with Gasteiger partial charge < -0.3 is 9.73 Å². The van der Waals surface area contributed by atoms with Crippen molar-refractivity contribution in [2.75, 3.05) is 13.1 Å². The van der Waals surface area contributed by atoms with Crippen LogP contribution >= 0.6 is 0 Å². The Bertz CT molecular complexity index is 488. The molecule has 0 aliphatic carbocycles. The van der Waals surface area contributed by atoms with Crippen LogP contribution < -0.4 is 5.32 Å². The van der Waals surface area contributed by atoms with E-state index in [1.807, 2.05) is 6.07 Å². The molecule has 1 saturated heterocycles. The number of fused-ring (bicyclic) bond motifs is 1. The molecule has 84 valence electrons. The number of nitrogens with one attached hydrogen (secondary N) is 1. The lowest BCUT2D eigenvalue weighted by atomic mass is 9.81. The van der Waals surface area contributed by atoms with E-state index in [1.54, 1.807) is 6.26 Å². The minimum absolute atomic E-state index is 0.669. The Labute approximate surface area is 95.6 Å². The van der Waals surface area contributed by atoms with Crippen LogP contribution in [-0.2, 0) is 0 Å². The summed E-state index contributed by atoms with van der Waals surface area (Å²) in [6.45, 7) is 4.58. The predicted octanol–water partition coefficient (Wildman–Crippen LogP) is 3.15. The first-order valence-corrected chi connectivity index (χ1v) is 6.03. The molecule has 1 aliphatic heterocycles. The average Bonchev–Trinajstić information content (AvgIpc) is 2.77. The summed E-state index contributed by atoms with van der Waals surface area (Å²) < 4.78 is 5.47. The number of piperidine rings is 1. The number of benzene rings is 1. The summed E-state index contributed by atoms with van der Waals surface area (Å²) in [5.41, 5.74) is 2.48. The molecule has 1 aromatic carbocycles. The Morgan fingerprint density at radius 1 is 1.31 bits per heavy atom. The first kappa shape index (κ1) is 9.91. The second-order valence-corrected chi connectivity index (χ2v) is 4.76. The third-order valence-electron chi connectivity index (χ3n) is 3.71. The van der Waals surface area contributed by atoms with E-state index in [2.05, 4.69) is 30.4 Å². The molecule has 2 aromatic rings. The SMILES string of the molecule is C[C@@H]1CNCC[C@@H]1c1cccc2occc12. The first-order valence-electron chi connectivity index (χ1n) is 6.03. The average molecular weight is 215 g/mol. The third kappa shape index (κ3) is 1.54. The van der Waals surface area contributed by atoms with Gasteiger partial charge in [-0.25, -0.2) is 0 Å². The third-order valence-corrected chi connectivity index (χ3v) is 3.71. The molecule has 1 aromatic heterocycles. The van der Waals surface area contributed by atoms with Crippen LogP contribution in [-0.4, -0.2) is 13.1 Å². The molecule has 0 saturated carbocycles. The molecule has 1 fully saturated rings. The van der Waals surface area contributed by atoms with Crippen LogP contribution in [0.2, 0.25) is 0 Å². The monoisotopic (exact) mass is 215 g/mol. The maximum atomic E-state index is 5.47. The van der Waals surface area contributed by atoms with Gasteiger partial charge in [-0.3, -0.25) is 0 Å². The standard InChI is InChI=1S/C14H17NO/c1-10-9-15-7-5-11(10)12-3-2-4-14-13(12)6-8-16-14/h2-4,6,8,10-11,15H,5,7,9H2,1H3/t10-,11+/m1/s1. The maximum absolute atomic E-state index is 5.47. The Morgan fingerprint density at radius 3 is 3.12 bits per heavy atom. The van der Waals surface area contributed by atoms with Crippen LogP contribution in [0.1, 0.15) is 24.8 Å². The topological polar surface area (TPSA) is 25.2 Å². The molecule has 2 atom stereocenters. The quantitative estimate of drug-likeness (QED) is 0.790. The van der Waals surface area contributed by atoms with Crippen LogP contribution in [0, 0.1) is 5.92 Å². The van der Waals surface area contributed by atoms with Crippen molar-refractivity contribution >= 4 is 11.0 Å². The molecule has 2 heteroatoms. The lowest BCUT2D eigenvalue weighted by Gasteiger charge is -2.30. The van der Waals surface area contributed by atoms with Crippen molar-refractivity contribution in [3.05, 3.63) is 36.1 Å². The van der Waals surface area contributed by atoms with Crippen molar-refractivity contribution in [3.8, 4) is 0 Å². The molecule has 3 rings (SSSR count). The second kappa shape index (κ2) is 3.95. The van der Waals surface area contributed by atoms with Crippen molar-refractivity contribution in [3.63, 3.8) is 0 Å². The normalized spacial score (nSPS) is 26.1. The Balaban J connectivity index is 2.07. The van der Waals surface area contributed by atoms with Gasteiger partial charge in [-0.2, -0.15) is 0 Å². The fourth-order valence-corrected chi connectivity index (χ4v) is 2.82. The molecule has 16 heavy (non-hydrogen) atoms. The molecule has 1 aliphatic rings. The number of furan rings is 1. The highest BCUT2D eigenvalue weighted by atomic mass is 16.3. The highest BCUT2D eigenvalue weighted by Gasteiger charge is 2.24. The van der Waals surface area contributed by atoms with Crippen molar-refractivity contribution in [1.82, 2.24) is 5.32 Å². The minimum Gasteiger partial charge on any atom is -0.464 e. The Hall–Kier alpha value is -1.28. The molecule has 0 unspecified atom stereocenters. The smallest absolute Gasteiger partial charge is 0.134 e. The van der Waals surface area contributed by atoms with E-state index in [-0.39, 0.29) is 0 Å². The summed E-state index contributed by atoms with van der Waals surface area (Å²) >= 11 is 0. The van der Waals surface area contributed by atoms with Crippen molar-refractivity contribution < 1.29 is 4.42 Å². The van der Waals surface area contributed by atoms with E-state index < -0.39 is 0 Å². The van der Waals surface area contributed by atoms with Crippen LogP contribution in [0.15, 0.2) is 34.9 Å². The van der Waals surface area contributed by atoms with Crippen molar-refractivity contribution in [2.45, 2.75) is 19.3 Å². The van der Waals surface area contributed by atoms with Crippen molar-refractivity contribution in [1.29, 1.82) is 0 Å². The van der Waals surface area contributed by atoms with Gasteiger partial charge in [-0.15, -0.1) is 0 Å². The van der Waals surface area contributed by atoms with Crippen LogP contribution in [0.4, 0.5) is 0 Å². The van der Waals surface area contributed by atoms with Gasteiger partial charge in [0.1, 0.15) is 5.58 Å². The molecular weight excluding hydrogens is 198 g/mol. The fraction of sp³-hybridized carbons (Fsp3) is 0.429. The highest BCUT2D eigenvalue weighted by molar-refractivity contribution is 5.81. The first-order chi connectivity index (χ1) is 7.86. The van der Waals surface area contributed by atoms with Gasteiger partial charge in [0.15, 0.2) is 0 Å². The van der Waals surface area contributed by atoms with E-state index in [0.29, 0.717) is 11.8 Å². The molecular formula is C14H17NO. The summed E-state index contributed by atoms with van der Waals surface area (Å²) in [7, 11) is 0. The molecule has 2 nitrogen and oxygen atoms in total. The lowest BCUT2D eigenvalue weighted by Crippen LogP contribution is -2.33. The molecule has 2 heterocycles. The van der Waals surface area contributed by atoms with E-state index in [1.165, 1.54) is 17.4 Å². The van der Waals surface area contributed by atoms with Gasteiger partial charge in [-0.1, -0.05) is 19.1 Å². The second-order valence-electron chi connectivity index (χ2n) is 4.76. The number of hydrogen-bond donors (Lipinski definition) is 1. The van der Waals surface area contributed by atoms with Crippen LogP contribution in [0.3, 0.4) is 0 Å². The summed E-state index contributed by atoms with van der Waals surface area (Å²) in [6, 6.07) is 8.50.